The van der Waals surface area contributed by atoms with E-state index in [1.165, 1.54) is 12.0 Å². The largest absolute Gasteiger partial charge is 0.451 e. The third-order valence-electron chi connectivity index (χ3n) is 4.35. The maximum atomic E-state index is 8.84. The molecule has 1 unspecified atom stereocenters. The lowest BCUT2D eigenvalue weighted by Crippen LogP contribution is -2.41. The Bertz CT molecular complexity index is 437. The van der Waals surface area contributed by atoms with Gasteiger partial charge >= 0.3 is 7.12 Å². The third kappa shape index (κ3) is 5.72. The predicted molar refractivity (Wildman–Crippen MR) is 89.4 cm³/mol. The molecule has 0 amide bonds. The van der Waals surface area contributed by atoms with E-state index in [2.05, 4.69) is 23.3 Å². The van der Waals surface area contributed by atoms with Crippen molar-refractivity contribution in [2.45, 2.75) is 57.4 Å². The molecule has 0 aliphatic carbocycles. The number of nitrogens with two attached hydrogens (primary N) is 1. The highest BCUT2D eigenvalue weighted by atomic mass is 32.1. The molecule has 0 saturated carbocycles. The average molecular weight is 310 g/mol. The van der Waals surface area contributed by atoms with Gasteiger partial charge in [0.05, 0.1) is 0 Å². The summed E-state index contributed by atoms with van der Waals surface area (Å²) in [5.41, 5.74) is 7.71. The standard InChI is InChI=1S/C15H27BN2O2S/c1-15(17,6-2-3-8-16(19)20)7-10-18-9-4-14-13(12-18)5-11-21-14/h5,11,19-20H,2-4,6-10,12,17H2,1H3. The normalized spacial score (nSPS) is 18.3. The summed E-state index contributed by atoms with van der Waals surface area (Å²) >= 11 is 1.87. The van der Waals surface area contributed by atoms with Gasteiger partial charge in [0.15, 0.2) is 0 Å². The summed E-state index contributed by atoms with van der Waals surface area (Å²) in [6, 6.07) is 2.24. The summed E-state index contributed by atoms with van der Waals surface area (Å²) in [6.07, 6.45) is 5.34. The molecule has 2 rings (SSSR count). The smallest absolute Gasteiger partial charge is 0.427 e. The van der Waals surface area contributed by atoms with Gasteiger partial charge in [-0.15, -0.1) is 11.3 Å². The second kappa shape index (κ2) is 7.74. The van der Waals surface area contributed by atoms with Gasteiger partial charge in [-0.25, -0.2) is 0 Å². The van der Waals surface area contributed by atoms with Gasteiger partial charge in [-0.3, -0.25) is 4.90 Å². The van der Waals surface area contributed by atoms with Gasteiger partial charge in [0.25, 0.3) is 0 Å². The van der Waals surface area contributed by atoms with Crippen LogP contribution in [0.25, 0.3) is 0 Å². The first kappa shape index (κ1) is 17.0. The van der Waals surface area contributed by atoms with Crippen LogP contribution in [0.1, 0.15) is 43.0 Å². The van der Waals surface area contributed by atoms with E-state index in [9.17, 15) is 0 Å². The Labute approximate surface area is 132 Å². The fraction of sp³-hybridized carbons (Fsp3) is 0.733. The molecule has 118 valence electrons. The highest BCUT2D eigenvalue weighted by Crippen LogP contribution is 2.25. The van der Waals surface area contributed by atoms with Crippen molar-refractivity contribution in [1.82, 2.24) is 4.90 Å². The fourth-order valence-electron chi connectivity index (χ4n) is 2.89. The number of unbranched alkanes of at least 4 members (excludes halogenated alkanes) is 1. The van der Waals surface area contributed by atoms with Gasteiger partial charge in [0.1, 0.15) is 0 Å². The van der Waals surface area contributed by atoms with Gasteiger partial charge in [0, 0.05) is 30.1 Å². The van der Waals surface area contributed by atoms with Crippen LogP contribution < -0.4 is 5.73 Å². The van der Waals surface area contributed by atoms with Crippen LogP contribution in [0.3, 0.4) is 0 Å². The summed E-state index contributed by atoms with van der Waals surface area (Å²) in [4.78, 5) is 4.04. The van der Waals surface area contributed by atoms with Crippen molar-refractivity contribution in [2.75, 3.05) is 13.1 Å². The van der Waals surface area contributed by atoms with Gasteiger partial charge < -0.3 is 15.8 Å². The molecule has 0 aromatic carbocycles. The molecule has 0 saturated heterocycles. The van der Waals surface area contributed by atoms with Crippen LogP contribution >= 0.6 is 11.3 Å². The van der Waals surface area contributed by atoms with E-state index in [1.54, 1.807) is 4.88 Å². The van der Waals surface area contributed by atoms with Crippen molar-refractivity contribution in [3.8, 4) is 0 Å². The van der Waals surface area contributed by atoms with Gasteiger partial charge in [-0.05, 0) is 49.5 Å². The summed E-state index contributed by atoms with van der Waals surface area (Å²) < 4.78 is 0. The van der Waals surface area contributed by atoms with Crippen LogP contribution in [-0.4, -0.2) is 40.7 Å². The fourth-order valence-corrected chi connectivity index (χ4v) is 3.78. The van der Waals surface area contributed by atoms with Crippen molar-refractivity contribution >= 4 is 18.5 Å². The molecule has 4 nitrogen and oxygen atoms in total. The average Bonchev–Trinajstić information content (AvgIpc) is 2.89. The maximum Gasteiger partial charge on any atom is 0.451 e. The van der Waals surface area contributed by atoms with E-state index in [0.29, 0.717) is 6.32 Å². The van der Waals surface area contributed by atoms with Crippen LogP contribution in [0.4, 0.5) is 0 Å². The highest BCUT2D eigenvalue weighted by Gasteiger charge is 2.22. The van der Waals surface area contributed by atoms with Gasteiger partial charge in [-0.2, -0.15) is 0 Å². The molecule has 1 atom stereocenters. The lowest BCUT2D eigenvalue weighted by Gasteiger charge is -2.31. The first-order valence-corrected chi connectivity index (χ1v) is 8.77. The first-order valence-electron chi connectivity index (χ1n) is 7.89. The van der Waals surface area contributed by atoms with E-state index < -0.39 is 7.12 Å². The van der Waals surface area contributed by atoms with E-state index in [0.717, 1.165) is 45.3 Å². The molecule has 1 aliphatic heterocycles. The Kier molecular flexibility index (Phi) is 6.26. The molecule has 1 aliphatic rings. The van der Waals surface area contributed by atoms with Crippen LogP contribution in [0, 0.1) is 0 Å². The Morgan fingerprint density at radius 2 is 2.19 bits per heavy atom. The second-order valence-corrected chi connectivity index (χ2v) is 7.53. The molecule has 4 N–H and O–H groups in total. The zero-order chi connectivity index (χ0) is 15.3. The Morgan fingerprint density at radius 3 is 2.95 bits per heavy atom. The molecule has 6 heteroatoms. The van der Waals surface area contributed by atoms with E-state index in [-0.39, 0.29) is 5.54 Å². The second-order valence-electron chi connectivity index (χ2n) is 6.53. The molecule has 0 radical (unpaired) electrons. The topological polar surface area (TPSA) is 69.7 Å². The molecule has 2 heterocycles. The summed E-state index contributed by atoms with van der Waals surface area (Å²) in [6.45, 7) is 5.36. The van der Waals surface area contributed by atoms with E-state index in [1.807, 2.05) is 11.3 Å². The Balaban J connectivity index is 1.67. The molecule has 0 spiro atoms. The molecular formula is C15H27BN2O2S. The number of nitrogens with zero attached hydrogens (tertiary/aromatic N) is 1. The Morgan fingerprint density at radius 1 is 1.38 bits per heavy atom. The number of rotatable bonds is 8. The lowest BCUT2D eigenvalue weighted by atomic mass is 9.82. The monoisotopic (exact) mass is 310 g/mol. The number of thiophene rings is 1. The lowest BCUT2D eigenvalue weighted by molar-refractivity contribution is 0.223. The van der Waals surface area contributed by atoms with Crippen LogP contribution in [0.5, 0.6) is 0 Å². The Hall–Kier alpha value is -0.395. The van der Waals surface area contributed by atoms with Gasteiger partial charge in [0.2, 0.25) is 0 Å². The van der Waals surface area contributed by atoms with Crippen molar-refractivity contribution < 1.29 is 10.0 Å². The van der Waals surface area contributed by atoms with Crippen molar-refractivity contribution in [1.29, 1.82) is 0 Å². The van der Waals surface area contributed by atoms with Crippen LogP contribution in [-0.2, 0) is 13.0 Å². The summed E-state index contributed by atoms with van der Waals surface area (Å²) in [5.74, 6) is 0. The molecule has 21 heavy (non-hydrogen) atoms. The van der Waals surface area contributed by atoms with Crippen molar-refractivity contribution in [2.24, 2.45) is 5.73 Å². The predicted octanol–water partition coefficient (Wildman–Crippen LogP) is 1.86. The molecule has 1 aromatic rings. The van der Waals surface area contributed by atoms with E-state index in [4.69, 9.17) is 15.8 Å². The van der Waals surface area contributed by atoms with Crippen molar-refractivity contribution in [3.05, 3.63) is 21.9 Å². The zero-order valence-electron chi connectivity index (χ0n) is 12.9. The van der Waals surface area contributed by atoms with Crippen LogP contribution in [0.2, 0.25) is 6.32 Å². The maximum absolute atomic E-state index is 8.84. The van der Waals surface area contributed by atoms with Gasteiger partial charge in [-0.1, -0.05) is 12.8 Å². The number of hydrogen-bond donors (Lipinski definition) is 3. The van der Waals surface area contributed by atoms with Crippen molar-refractivity contribution in [3.63, 3.8) is 0 Å². The first-order chi connectivity index (χ1) is 9.96. The minimum Gasteiger partial charge on any atom is -0.427 e. The third-order valence-corrected chi connectivity index (χ3v) is 5.37. The molecular weight excluding hydrogens is 283 g/mol. The number of hydrogen-bond acceptors (Lipinski definition) is 5. The van der Waals surface area contributed by atoms with E-state index >= 15 is 0 Å². The molecule has 0 fully saturated rings. The minimum atomic E-state index is -1.18. The summed E-state index contributed by atoms with van der Waals surface area (Å²) in [5, 5.41) is 19.9. The highest BCUT2D eigenvalue weighted by molar-refractivity contribution is 7.10. The quantitative estimate of drug-likeness (QED) is 0.506. The number of fused-ring (bicyclic) bond motifs is 1. The zero-order valence-corrected chi connectivity index (χ0v) is 13.7. The van der Waals surface area contributed by atoms with Crippen LogP contribution in [0.15, 0.2) is 11.4 Å². The minimum absolute atomic E-state index is 0.157. The summed E-state index contributed by atoms with van der Waals surface area (Å²) in [7, 11) is -1.18. The molecule has 1 aromatic heterocycles. The SMILES string of the molecule is CC(N)(CCCCB(O)O)CCN1CCc2sccc2C1. The molecule has 0 bridgehead atoms.